The summed E-state index contributed by atoms with van der Waals surface area (Å²) in [5, 5.41) is 6.79. The number of nitrogens with zero attached hydrogens (tertiary/aromatic N) is 2. The molecule has 3 rings (SSSR count). The number of rotatable bonds is 9. The molecule has 1 aromatic carbocycles. The molecule has 1 aliphatic rings. The average Bonchev–Trinajstić information content (AvgIpc) is 3.33. The third kappa shape index (κ3) is 4.99. The molecule has 0 unspecified atom stereocenters. The summed E-state index contributed by atoms with van der Waals surface area (Å²) in [6.07, 6.45) is 2.79. The fourth-order valence-corrected chi connectivity index (χ4v) is 2.76. The van der Waals surface area contributed by atoms with Crippen LogP contribution in [0.2, 0.25) is 0 Å². The first-order valence-electron chi connectivity index (χ1n) is 8.17. The van der Waals surface area contributed by atoms with E-state index in [-0.39, 0.29) is 12.5 Å². The summed E-state index contributed by atoms with van der Waals surface area (Å²) in [7, 11) is 0. The molecular formula is C17H21N3O3S. The minimum Gasteiger partial charge on any atom is -0.485 e. The van der Waals surface area contributed by atoms with Crippen molar-refractivity contribution in [2.24, 2.45) is 0 Å². The number of benzene rings is 1. The molecule has 24 heavy (non-hydrogen) atoms. The van der Waals surface area contributed by atoms with Crippen molar-refractivity contribution in [2.45, 2.75) is 38.7 Å². The lowest BCUT2D eigenvalue weighted by molar-refractivity contribution is -0.115. The molecule has 0 saturated heterocycles. The SMILES string of the molecule is CCSCCC(=O)Nc1ccc(OCc2noc(C3CC3)n2)cc1. The van der Waals surface area contributed by atoms with Gasteiger partial charge >= 0.3 is 0 Å². The summed E-state index contributed by atoms with van der Waals surface area (Å²) in [4.78, 5) is 16.1. The zero-order chi connectivity index (χ0) is 16.8. The molecule has 0 radical (unpaired) electrons. The Hall–Kier alpha value is -2.02. The number of hydrogen-bond donors (Lipinski definition) is 1. The highest BCUT2D eigenvalue weighted by atomic mass is 32.2. The Bertz CT molecular complexity index is 668. The van der Waals surface area contributed by atoms with Crippen molar-refractivity contribution < 1.29 is 14.1 Å². The van der Waals surface area contributed by atoms with Gasteiger partial charge in [-0.1, -0.05) is 12.1 Å². The minimum atomic E-state index is 0.0315. The Balaban J connectivity index is 1.44. The number of anilines is 1. The van der Waals surface area contributed by atoms with Gasteiger partial charge in [-0.2, -0.15) is 16.7 Å². The van der Waals surface area contributed by atoms with Crippen molar-refractivity contribution in [3.63, 3.8) is 0 Å². The second kappa shape index (κ2) is 8.19. The highest BCUT2D eigenvalue weighted by Crippen LogP contribution is 2.38. The fourth-order valence-electron chi connectivity index (χ4n) is 2.14. The van der Waals surface area contributed by atoms with Gasteiger partial charge in [0.05, 0.1) is 0 Å². The van der Waals surface area contributed by atoms with Crippen molar-refractivity contribution in [1.82, 2.24) is 10.1 Å². The van der Waals surface area contributed by atoms with Gasteiger partial charge < -0.3 is 14.6 Å². The van der Waals surface area contributed by atoms with Gasteiger partial charge in [-0.25, -0.2) is 0 Å². The van der Waals surface area contributed by atoms with Gasteiger partial charge in [-0.15, -0.1) is 0 Å². The molecule has 7 heteroatoms. The Morgan fingerprint density at radius 1 is 1.38 bits per heavy atom. The Morgan fingerprint density at radius 2 is 2.17 bits per heavy atom. The van der Waals surface area contributed by atoms with E-state index in [0.29, 0.717) is 29.8 Å². The maximum atomic E-state index is 11.8. The van der Waals surface area contributed by atoms with E-state index in [1.54, 1.807) is 11.8 Å². The summed E-state index contributed by atoms with van der Waals surface area (Å²) in [5.74, 6) is 4.33. The second-order valence-corrected chi connectivity index (χ2v) is 7.03. The summed E-state index contributed by atoms with van der Waals surface area (Å²) >= 11 is 1.76. The topological polar surface area (TPSA) is 77.2 Å². The smallest absolute Gasteiger partial charge is 0.229 e. The Kier molecular flexibility index (Phi) is 5.74. The monoisotopic (exact) mass is 347 g/mol. The van der Waals surface area contributed by atoms with E-state index in [4.69, 9.17) is 9.26 Å². The van der Waals surface area contributed by atoms with Crippen LogP contribution in [0.5, 0.6) is 5.75 Å². The van der Waals surface area contributed by atoms with Crippen molar-refractivity contribution in [3.8, 4) is 5.75 Å². The van der Waals surface area contributed by atoms with Gasteiger partial charge in [0.1, 0.15) is 5.75 Å². The van der Waals surface area contributed by atoms with E-state index in [1.807, 2.05) is 24.3 Å². The molecule has 1 fully saturated rings. The number of carbonyl (C=O) groups is 1. The second-order valence-electron chi connectivity index (χ2n) is 5.63. The first-order valence-corrected chi connectivity index (χ1v) is 9.33. The van der Waals surface area contributed by atoms with Crippen molar-refractivity contribution in [2.75, 3.05) is 16.8 Å². The molecule has 1 aliphatic carbocycles. The number of thioether (sulfide) groups is 1. The number of ether oxygens (including phenoxy) is 1. The van der Waals surface area contributed by atoms with Gasteiger partial charge in [-0.3, -0.25) is 4.79 Å². The van der Waals surface area contributed by atoms with Gasteiger partial charge in [0.15, 0.2) is 6.61 Å². The van der Waals surface area contributed by atoms with Crippen LogP contribution in [0, 0.1) is 0 Å². The lowest BCUT2D eigenvalue weighted by atomic mass is 10.3. The average molecular weight is 347 g/mol. The van der Waals surface area contributed by atoms with Crippen LogP contribution in [0.4, 0.5) is 5.69 Å². The van der Waals surface area contributed by atoms with Crippen LogP contribution in [-0.2, 0) is 11.4 Å². The number of amides is 1. The highest BCUT2D eigenvalue weighted by Gasteiger charge is 2.29. The van der Waals surface area contributed by atoms with Crippen LogP contribution in [0.15, 0.2) is 28.8 Å². The highest BCUT2D eigenvalue weighted by molar-refractivity contribution is 7.99. The third-order valence-electron chi connectivity index (χ3n) is 3.59. The summed E-state index contributed by atoms with van der Waals surface area (Å²) < 4.78 is 10.8. The van der Waals surface area contributed by atoms with Gasteiger partial charge in [0, 0.05) is 23.8 Å². The van der Waals surface area contributed by atoms with Crippen LogP contribution >= 0.6 is 11.8 Å². The molecule has 1 aromatic heterocycles. The molecule has 128 valence electrons. The summed E-state index contributed by atoms with van der Waals surface area (Å²) in [6.45, 7) is 2.36. The van der Waals surface area contributed by atoms with Gasteiger partial charge in [0.2, 0.25) is 17.6 Å². The van der Waals surface area contributed by atoms with Crippen molar-refractivity contribution in [1.29, 1.82) is 0 Å². The van der Waals surface area contributed by atoms with Crippen LogP contribution in [0.3, 0.4) is 0 Å². The predicted octanol–water partition coefficient (Wildman–Crippen LogP) is 3.61. The predicted molar refractivity (Wildman–Crippen MR) is 93.3 cm³/mol. The lowest BCUT2D eigenvalue weighted by Crippen LogP contribution is -2.12. The first-order chi connectivity index (χ1) is 11.7. The Morgan fingerprint density at radius 3 is 2.88 bits per heavy atom. The first kappa shape index (κ1) is 16.8. The lowest BCUT2D eigenvalue weighted by Gasteiger charge is -2.07. The van der Waals surface area contributed by atoms with Crippen LogP contribution in [0.1, 0.15) is 43.8 Å². The zero-order valence-corrected chi connectivity index (χ0v) is 14.5. The van der Waals surface area contributed by atoms with Crippen LogP contribution in [-0.4, -0.2) is 27.6 Å². The molecule has 6 nitrogen and oxygen atoms in total. The largest absolute Gasteiger partial charge is 0.485 e. The zero-order valence-electron chi connectivity index (χ0n) is 13.7. The summed E-state index contributed by atoms with van der Waals surface area (Å²) in [6, 6.07) is 7.29. The molecule has 2 aromatic rings. The molecule has 0 spiro atoms. The Labute approximate surface area is 145 Å². The van der Waals surface area contributed by atoms with Gasteiger partial charge in [0.25, 0.3) is 0 Å². The van der Waals surface area contributed by atoms with E-state index in [9.17, 15) is 4.79 Å². The van der Waals surface area contributed by atoms with Crippen LogP contribution in [0.25, 0.3) is 0 Å². The van der Waals surface area contributed by atoms with Crippen LogP contribution < -0.4 is 10.1 Å². The van der Waals surface area contributed by atoms with E-state index in [2.05, 4.69) is 22.4 Å². The van der Waals surface area contributed by atoms with Crippen molar-refractivity contribution in [3.05, 3.63) is 36.0 Å². The minimum absolute atomic E-state index is 0.0315. The molecule has 1 amide bonds. The molecule has 1 saturated carbocycles. The molecule has 0 bridgehead atoms. The summed E-state index contributed by atoms with van der Waals surface area (Å²) in [5.41, 5.74) is 0.768. The van der Waals surface area contributed by atoms with E-state index in [0.717, 1.165) is 30.0 Å². The van der Waals surface area contributed by atoms with E-state index in [1.165, 1.54) is 0 Å². The molecule has 0 aliphatic heterocycles. The standard InChI is InChI=1S/C17H21N3O3S/c1-2-24-10-9-16(21)18-13-5-7-14(8-6-13)22-11-15-19-17(23-20-15)12-3-4-12/h5-8,12H,2-4,9-11H2,1H3,(H,18,21). The maximum absolute atomic E-state index is 11.8. The number of nitrogens with one attached hydrogen (secondary N) is 1. The molecule has 1 N–H and O–H groups in total. The van der Waals surface area contributed by atoms with E-state index < -0.39 is 0 Å². The maximum Gasteiger partial charge on any atom is 0.229 e. The third-order valence-corrected chi connectivity index (χ3v) is 4.50. The van der Waals surface area contributed by atoms with Gasteiger partial charge in [-0.05, 0) is 42.9 Å². The number of carbonyl (C=O) groups excluding carboxylic acids is 1. The molecule has 1 heterocycles. The normalized spacial score (nSPS) is 13.7. The molecule has 0 atom stereocenters. The quantitative estimate of drug-likeness (QED) is 0.698. The molecular weight excluding hydrogens is 326 g/mol. The van der Waals surface area contributed by atoms with Crippen molar-refractivity contribution >= 4 is 23.4 Å². The van der Waals surface area contributed by atoms with E-state index >= 15 is 0 Å². The number of aromatic nitrogens is 2. The fraction of sp³-hybridized carbons (Fsp3) is 0.471. The number of hydrogen-bond acceptors (Lipinski definition) is 6.